The molecule has 0 radical (unpaired) electrons. The summed E-state index contributed by atoms with van der Waals surface area (Å²) in [7, 11) is 0. The van der Waals surface area contributed by atoms with Crippen LogP contribution < -0.4 is 5.73 Å². The normalized spacial score (nSPS) is 15.6. The predicted octanol–water partition coefficient (Wildman–Crippen LogP) is 3.46. The maximum atomic E-state index is 5.94. The number of nitrogens with zero attached hydrogens (tertiary/aromatic N) is 2. The van der Waals surface area contributed by atoms with Gasteiger partial charge in [-0.25, -0.2) is 4.98 Å². The largest absolute Gasteiger partial charge is 0.369 e. The molecule has 1 aromatic carbocycles. The van der Waals surface area contributed by atoms with Crippen molar-refractivity contribution in [2.24, 2.45) is 5.92 Å². The highest BCUT2D eigenvalue weighted by molar-refractivity contribution is 6.31. The quantitative estimate of drug-likeness (QED) is 0.902. The van der Waals surface area contributed by atoms with Crippen molar-refractivity contribution < 1.29 is 0 Å². The minimum absolute atomic E-state index is 0.595. The maximum absolute atomic E-state index is 5.94. The smallest absolute Gasteiger partial charge is 0.201 e. The van der Waals surface area contributed by atoms with Crippen molar-refractivity contribution in [2.45, 2.75) is 32.2 Å². The molecule has 1 saturated carbocycles. The van der Waals surface area contributed by atoms with Crippen LogP contribution in [0.3, 0.4) is 0 Å². The first-order valence-corrected chi connectivity index (χ1v) is 6.53. The summed E-state index contributed by atoms with van der Waals surface area (Å²) in [5.41, 5.74) is 7.92. The molecule has 3 rings (SSSR count). The Bertz CT molecular complexity index is 543. The van der Waals surface area contributed by atoms with E-state index in [4.69, 9.17) is 17.3 Å². The zero-order chi connectivity index (χ0) is 11.8. The van der Waals surface area contributed by atoms with Gasteiger partial charge in [0.05, 0.1) is 11.0 Å². The van der Waals surface area contributed by atoms with Crippen molar-refractivity contribution in [1.29, 1.82) is 0 Å². The van der Waals surface area contributed by atoms with Gasteiger partial charge in [0.1, 0.15) is 0 Å². The van der Waals surface area contributed by atoms with E-state index in [2.05, 4.69) is 9.55 Å². The molecule has 4 heteroatoms. The standard InChI is InChI=1S/C13H16ClN3/c14-10-5-6-12-11(8-10)16-13(15)17(12)7-1-2-9-3-4-9/h5-6,8-9H,1-4,7H2,(H2,15,16). The summed E-state index contributed by atoms with van der Waals surface area (Å²) in [6, 6.07) is 5.76. The van der Waals surface area contributed by atoms with E-state index in [-0.39, 0.29) is 0 Å². The molecule has 0 aliphatic heterocycles. The van der Waals surface area contributed by atoms with E-state index in [1.165, 1.54) is 25.7 Å². The highest BCUT2D eigenvalue weighted by atomic mass is 35.5. The Balaban J connectivity index is 1.83. The molecule has 1 heterocycles. The lowest BCUT2D eigenvalue weighted by molar-refractivity contribution is 0.590. The van der Waals surface area contributed by atoms with Crippen LogP contribution in [-0.4, -0.2) is 9.55 Å². The summed E-state index contributed by atoms with van der Waals surface area (Å²) in [5.74, 6) is 1.57. The van der Waals surface area contributed by atoms with Gasteiger partial charge >= 0.3 is 0 Å². The number of benzene rings is 1. The lowest BCUT2D eigenvalue weighted by atomic mass is 10.2. The van der Waals surface area contributed by atoms with E-state index < -0.39 is 0 Å². The minimum Gasteiger partial charge on any atom is -0.369 e. The van der Waals surface area contributed by atoms with Crippen molar-refractivity contribution >= 4 is 28.6 Å². The average molecular weight is 250 g/mol. The molecule has 90 valence electrons. The van der Waals surface area contributed by atoms with Crippen LogP contribution >= 0.6 is 11.6 Å². The fraction of sp³-hybridized carbons (Fsp3) is 0.462. The Morgan fingerprint density at radius 1 is 1.41 bits per heavy atom. The number of nitrogen functional groups attached to an aromatic ring is 1. The first-order chi connectivity index (χ1) is 8.24. The van der Waals surface area contributed by atoms with Crippen LogP contribution in [0.5, 0.6) is 0 Å². The molecule has 2 aromatic rings. The van der Waals surface area contributed by atoms with Crippen molar-refractivity contribution in [2.75, 3.05) is 5.73 Å². The van der Waals surface area contributed by atoms with Crippen LogP contribution in [0.25, 0.3) is 11.0 Å². The lowest BCUT2D eigenvalue weighted by Gasteiger charge is -2.05. The summed E-state index contributed by atoms with van der Waals surface area (Å²) in [5, 5.41) is 0.708. The van der Waals surface area contributed by atoms with Gasteiger partial charge < -0.3 is 10.3 Å². The Hall–Kier alpha value is -1.22. The zero-order valence-corrected chi connectivity index (χ0v) is 10.5. The van der Waals surface area contributed by atoms with Crippen LogP contribution in [0.4, 0.5) is 5.95 Å². The number of aryl methyl sites for hydroxylation is 1. The van der Waals surface area contributed by atoms with Gasteiger partial charge in [-0.2, -0.15) is 0 Å². The van der Waals surface area contributed by atoms with E-state index in [9.17, 15) is 0 Å². The highest BCUT2D eigenvalue weighted by Crippen LogP contribution is 2.34. The monoisotopic (exact) mass is 249 g/mol. The molecule has 0 bridgehead atoms. The van der Waals surface area contributed by atoms with Gasteiger partial charge in [-0.3, -0.25) is 0 Å². The fourth-order valence-corrected chi connectivity index (χ4v) is 2.47. The number of imidazole rings is 1. The Labute approximate surface area is 106 Å². The molecule has 1 fully saturated rings. The van der Waals surface area contributed by atoms with Gasteiger partial charge in [0, 0.05) is 11.6 Å². The topological polar surface area (TPSA) is 43.8 Å². The number of nitrogens with two attached hydrogens (primary N) is 1. The van der Waals surface area contributed by atoms with Crippen LogP contribution in [0, 0.1) is 5.92 Å². The molecule has 0 unspecified atom stereocenters. The second-order valence-electron chi connectivity index (χ2n) is 4.84. The minimum atomic E-state index is 0.595. The molecule has 0 saturated heterocycles. The number of halogens is 1. The molecular formula is C13H16ClN3. The second kappa shape index (κ2) is 4.22. The molecule has 1 aliphatic rings. The van der Waals surface area contributed by atoms with E-state index in [0.717, 1.165) is 23.5 Å². The summed E-state index contributed by atoms with van der Waals surface area (Å²) in [6.07, 6.45) is 5.32. The Kier molecular flexibility index (Phi) is 2.71. The van der Waals surface area contributed by atoms with Gasteiger partial charge in [0.2, 0.25) is 5.95 Å². The lowest BCUT2D eigenvalue weighted by Crippen LogP contribution is -2.03. The van der Waals surface area contributed by atoms with Crippen LogP contribution in [0.2, 0.25) is 5.02 Å². The van der Waals surface area contributed by atoms with Crippen LogP contribution in [0.1, 0.15) is 25.7 Å². The molecule has 3 nitrogen and oxygen atoms in total. The van der Waals surface area contributed by atoms with Gasteiger partial charge in [0.15, 0.2) is 0 Å². The molecule has 2 N–H and O–H groups in total. The third-order valence-corrected chi connectivity index (χ3v) is 3.67. The van der Waals surface area contributed by atoms with Crippen molar-refractivity contribution in [3.8, 4) is 0 Å². The second-order valence-corrected chi connectivity index (χ2v) is 5.28. The third-order valence-electron chi connectivity index (χ3n) is 3.43. The fourth-order valence-electron chi connectivity index (χ4n) is 2.30. The Morgan fingerprint density at radius 3 is 3.00 bits per heavy atom. The first-order valence-electron chi connectivity index (χ1n) is 6.15. The number of hydrogen-bond donors (Lipinski definition) is 1. The summed E-state index contributed by atoms with van der Waals surface area (Å²) in [6.45, 7) is 0.959. The number of hydrogen-bond acceptors (Lipinski definition) is 2. The number of anilines is 1. The molecule has 1 aliphatic carbocycles. The van der Waals surface area contributed by atoms with Crippen LogP contribution in [0.15, 0.2) is 18.2 Å². The van der Waals surface area contributed by atoms with Gasteiger partial charge in [-0.15, -0.1) is 0 Å². The van der Waals surface area contributed by atoms with E-state index in [1.54, 1.807) is 0 Å². The van der Waals surface area contributed by atoms with E-state index >= 15 is 0 Å². The SMILES string of the molecule is Nc1nc2cc(Cl)ccc2n1CCCC1CC1. The number of aromatic nitrogens is 2. The molecule has 17 heavy (non-hydrogen) atoms. The van der Waals surface area contributed by atoms with Gasteiger partial charge in [-0.05, 0) is 37.0 Å². The predicted molar refractivity (Wildman–Crippen MR) is 71.1 cm³/mol. The maximum Gasteiger partial charge on any atom is 0.201 e. The summed E-state index contributed by atoms with van der Waals surface area (Å²) < 4.78 is 2.09. The zero-order valence-electron chi connectivity index (χ0n) is 9.69. The number of fused-ring (bicyclic) bond motifs is 1. The third kappa shape index (κ3) is 2.25. The molecule has 0 amide bonds. The average Bonchev–Trinajstić information content (AvgIpc) is 3.04. The highest BCUT2D eigenvalue weighted by Gasteiger charge is 2.20. The van der Waals surface area contributed by atoms with Crippen LogP contribution in [-0.2, 0) is 6.54 Å². The molecule has 0 atom stereocenters. The Morgan fingerprint density at radius 2 is 2.24 bits per heavy atom. The summed E-state index contributed by atoms with van der Waals surface area (Å²) in [4.78, 5) is 4.34. The number of rotatable bonds is 4. The molecule has 1 aromatic heterocycles. The van der Waals surface area contributed by atoms with E-state index in [0.29, 0.717) is 11.0 Å². The summed E-state index contributed by atoms with van der Waals surface area (Å²) >= 11 is 5.94. The van der Waals surface area contributed by atoms with Gasteiger partial charge in [-0.1, -0.05) is 24.4 Å². The van der Waals surface area contributed by atoms with Crippen molar-refractivity contribution in [3.05, 3.63) is 23.2 Å². The first kappa shape index (κ1) is 10.9. The molecular weight excluding hydrogens is 234 g/mol. The van der Waals surface area contributed by atoms with Gasteiger partial charge in [0.25, 0.3) is 0 Å². The molecule has 0 spiro atoms. The van der Waals surface area contributed by atoms with E-state index in [1.807, 2.05) is 18.2 Å². The van der Waals surface area contributed by atoms with Crippen molar-refractivity contribution in [1.82, 2.24) is 9.55 Å². The van der Waals surface area contributed by atoms with Crippen molar-refractivity contribution in [3.63, 3.8) is 0 Å².